The summed E-state index contributed by atoms with van der Waals surface area (Å²) in [5, 5.41) is 0. The van der Waals surface area contributed by atoms with Crippen LogP contribution in [0.3, 0.4) is 0 Å². The van der Waals surface area contributed by atoms with Crippen molar-refractivity contribution < 1.29 is 4.74 Å². The molecule has 2 aromatic rings. The molecule has 0 amide bonds. The molecule has 84 valence electrons. The van der Waals surface area contributed by atoms with Crippen molar-refractivity contribution in [2.45, 2.75) is 20.1 Å². The third-order valence-electron chi connectivity index (χ3n) is 2.26. The van der Waals surface area contributed by atoms with Gasteiger partial charge in [-0.05, 0) is 35.0 Å². The quantitative estimate of drug-likeness (QED) is 0.860. The molecule has 16 heavy (non-hydrogen) atoms. The van der Waals surface area contributed by atoms with E-state index in [9.17, 15) is 0 Å². The number of hydrogen-bond donors (Lipinski definition) is 0. The van der Waals surface area contributed by atoms with Crippen molar-refractivity contribution in [1.29, 1.82) is 0 Å². The highest BCUT2D eigenvalue weighted by molar-refractivity contribution is 9.10. The molecule has 0 saturated carbocycles. The summed E-state index contributed by atoms with van der Waals surface area (Å²) in [6, 6.07) is 7.80. The number of aromatic nitrogens is 2. The standard InChI is InChI=1S/C12H13BrN2O/c1-2-15-7-10(14-9-15)8-16-12-6-4-3-5-11(12)13/h3-7,9H,2,8H2,1H3. The molecule has 2 rings (SSSR count). The molecule has 0 aliphatic heterocycles. The summed E-state index contributed by atoms with van der Waals surface area (Å²) in [5.41, 5.74) is 0.942. The first kappa shape index (κ1) is 11.2. The lowest BCUT2D eigenvalue weighted by molar-refractivity contribution is 0.300. The zero-order valence-corrected chi connectivity index (χ0v) is 10.6. The first-order valence-corrected chi connectivity index (χ1v) is 5.97. The fraction of sp³-hybridized carbons (Fsp3) is 0.250. The van der Waals surface area contributed by atoms with Gasteiger partial charge in [0.1, 0.15) is 12.4 Å². The van der Waals surface area contributed by atoms with Crippen LogP contribution in [-0.2, 0) is 13.2 Å². The summed E-state index contributed by atoms with van der Waals surface area (Å²) in [6.07, 6.45) is 3.82. The fourth-order valence-electron chi connectivity index (χ4n) is 1.37. The molecule has 0 atom stereocenters. The maximum absolute atomic E-state index is 5.66. The van der Waals surface area contributed by atoms with Crippen LogP contribution in [0.1, 0.15) is 12.6 Å². The maximum atomic E-state index is 5.66. The highest BCUT2D eigenvalue weighted by Crippen LogP contribution is 2.24. The molecular weight excluding hydrogens is 268 g/mol. The topological polar surface area (TPSA) is 27.1 Å². The van der Waals surface area contributed by atoms with Crippen LogP contribution in [0.25, 0.3) is 0 Å². The third kappa shape index (κ3) is 2.64. The molecule has 0 radical (unpaired) electrons. The summed E-state index contributed by atoms with van der Waals surface area (Å²) < 4.78 is 8.65. The van der Waals surface area contributed by atoms with Crippen molar-refractivity contribution in [3.05, 3.63) is 47.0 Å². The molecule has 0 N–H and O–H groups in total. The highest BCUT2D eigenvalue weighted by atomic mass is 79.9. The normalized spacial score (nSPS) is 10.4. The lowest BCUT2D eigenvalue weighted by atomic mass is 10.3. The number of para-hydroxylation sites is 1. The first-order chi connectivity index (χ1) is 7.79. The molecule has 0 bridgehead atoms. The highest BCUT2D eigenvalue weighted by Gasteiger charge is 2.02. The molecule has 1 aromatic carbocycles. The Balaban J connectivity index is 1.99. The van der Waals surface area contributed by atoms with Crippen molar-refractivity contribution in [1.82, 2.24) is 9.55 Å². The molecule has 3 nitrogen and oxygen atoms in total. The Morgan fingerprint density at radius 1 is 1.38 bits per heavy atom. The molecule has 4 heteroatoms. The van der Waals surface area contributed by atoms with E-state index in [1.54, 1.807) is 0 Å². The number of imidazole rings is 1. The largest absolute Gasteiger partial charge is 0.486 e. The Morgan fingerprint density at radius 3 is 2.88 bits per heavy atom. The molecule has 1 heterocycles. The molecule has 0 spiro atoms. The summed E-state index contributed by atoms with van der Waals surface area (Å²) in [5.74, 6) is 0.841. The molecule has 0 unspecified atom stereocenters. The van der Waals surface area contributed by atoms with Gasteiger partial charge in [0.25, 0.3) is 0 Å². The van der Waals surface area contributed by atoms with Gasteiger partial charge in [-0.1, -0.05) is 12.1 Å². The number of halogens is 1. The van der Waals surface area contributed by atoms with Gasteiger partial charge in [-0.25, -0.2) is 4.98 Å². The van der Waals surface area contributed by atoms with Crippen molar-refractivity contribution >= 4 is 15.9 Å². The first-order valence-electron chi connectivity index (χ1n) is 5.17. The van der Waals surface area contributed by atoms with Gasteiger partial charge >= 0.3 is 0 Å². The minimum Gasteiger partial charge on any atom is -0.486 e. The second-order valence-corrected chi connectivity index (χ2v) is 4.27. The molecule has 0 aliphatic rings. The van der Waals surface area contributed by atoms with E-state index in [0.29, 0.717) is 6.61 Å². The van der Waals surface area contributed by atoms with Crippen molar-refractivity contribution in [2.75, 3.05) is 0 Å². The van der Waals surface area contributed by atoms with Crippen LogP contribution in [0.2, 0.25) is 0 Å². The van der Waals surface area contributed by atoms with E-state index in [0.717, 1.165) is 22.5 Å². The monoisotopic (exact) mass is 280 g/mol. The van der Waals surface area contributed by atoms with E-state index in [1.807, 2.05) is 41.4 Å². The Labute approximate surface area is 103 Å². The minimum atomic E-state index is 0.496. The number of hydrogen-bond acceptors (Lipinski definition) is 2. The van der Waals surface area contributed by atoms with Crippen LogP contribution in [-0.4, -0.2) is 9.55 Å². The zero-order valence-electron chi connectivity index (χ0n) is 9.06. The van der Waals surface area contributed by atoms with Gasteiger partial charge in [0.15, 0.2) is 0 Å². The Morgan fingerprint density at radius 2 is 2.19 bits per heavy atom. The van der Waals surface area contributed by atoms with E-state index < -0.39 is 0 Å². The van der Waals surface area contributed by atoms with Crippen molar-refractivity contribution in [2.24, 2.45) is 0 Å². The Kier molecular flexibility index (Phi) is 3.62. The summed E-state index contributed by atoms with van der Waals surface area (Å²) >= 11 is 3.44. The van der Waals surface area contributed by atoms with Crippen LogP contribution >= 0.6 is 15.9 Å². The third-order valence-corrected chi connectivity index (χ3v) is 2.92. The van der Waals surface area contributed by atoms with E-state index in [1.165, 1.54) is 0 Å². The molecular formula is C12H13BrN2O. The fourth-order valence-corrected chi connectivity index (χ4v) is 1.77. The Bertz CT molecular complexity index is 468. The van der Waals surface area contributed by atoms with Crippen molar-refractivity contribution in [3.8, 4) is 5.75 Å². The van der Waals surface area contributed by atoms with Crippen LogP contribution in [0, 0.1) is 0 Å². The average molecular weight is 281 g/mol. The average Bonchev–Trinajstić information content (AvgIpc) is 2.76. The number of nitrogens with zero attached hydrogens (tertiary/aromatic N) is 2. The van der Waals surface area contributed by atoms with Crippen molar-refractivity contribution in [3.63, 3.8) is 0 Å². The number of benzene rings is 1. The van der Waals surface area contributed by atoms with Gasteiger partial charge in [0, 0.05) is 12.7 Å². The molecule has 0 fully saturated rings. The number of aryl methyl sites for hydroxylation is 1. The maximum Gasteiger partial charge on any atom is 0.134 e. The smallest absolute Gasteiger partial charge is 0.134 e. The SMILES string of the molecule is CCn1cnc(COc2ccccc2Br)c1. The van der Waals surface area contributed by atoms with Gasteiger partial charge < -0.3 is 9.30 Å². The zero-order chi connectivity index (χ0) is 11.4. The molecule has 1 aromatic heterocycles. The van der Waals surface area contributed by atoms with E-state index in [-0.39, 0.29) is 0 Å². The van der Waals surface area contributed by atoms with Gasteiger partial charge in [0.2, 0.25) is 0 Å². The lowest BCUT2D eigenvalue weighted by Crippen LogP contribution is -1.96. The predicted molar refractivity (Wildman–Crippen MR) is 66.4 cm³/mol. The van der Waals surface area contributed by atoms with Gasteiger partial charge in [-0.15, -0.1) is 0 Å². The van der Waals surface area contributed by atoms with Crippen LogP contribution in [0.4, 0.5) is 0 Å². The van der Waals surface area contributed by atoms with Crippen LogP contribution in [0.5, 0.6) is 5.75 Å². The van der Waals surface area contributed by atoms with E-state index in [4.69, 9.17) is 4.74 Å². The van der Waals surface area contributed by atoms with Gasteiger partial charge in [-0.2, -0.15) is 0 Å². The van der Waals surface area contributed by atoms with E-state index >= 15 is 0 Å². The van der Waals surface area contributed by atoms with Gasteiger partial charge in [-0.3, -0.25) is 0 Å². The number of rotatable bonds is 4. The second-order valence-electron chi connectivity index (χ2n) is 3.41. The summed E-state index contributed by atoms with van der Waals surface area (Å²) in [4.78, 5) is 4.25. The summed E-state index contributed by atoms with van der Waals surface area (Å²) in [7, 11) is 0. The predicted octanol–water partition coefficient (Wildman–Crippen LogP) is 3.24. The molecule has 0 aliphatic carbocycles. The van der Waals surface area contributed by atoms with Crippen LogP contribution < -0.4 is 4.74 Å². The molecule has 0 saturated heterocycles. The number of ether oxygens (including phenoxy) is 1. The van der Waals surface area contributed by atoms with Crippen LogP contribution in [0.15, 0.2) is 41.3 Å². The lowest BCUT2D eigenvalue weighted by Gasteiger charge is -2.05. The summed E-state index contributed by atoms with van der Waals surface area (Å²) in [6.45, 7) is 3.51. The minimum absolute atomic E-state index is 0.496. The Hall–Kier alpha value is -1.29. The van der Waals surface area contributed by atoms with Gasteiger partial charge in [0.05, 0.1) is 16.5 Å². The second kappa shape index (κ2) is 5.16. The van der Waals surface area contributed by atoms with E-state index in [2.05, 4.69) is 27.8 Å².